The van der Waals surface area contributed by atoms with E-state index in [9.17, 15) is 0 Å². The molecule has 0 saturated carbocycles. The summed E-state index contributed by atoms with van der Waals surface area (Å²) in [5.41, 5.74) is 19.4. The number of fused-ring (bicyclic) bond motifs is 1. The zero-order chi connectivity index (χ0) is 65.8. The Morgan fingerprint density at radius 3 is 0.890 bits per heavy atom. The Balaban J connectivity index is 0.000000131. The van der Waals surface area contributed by atoms with Crippen LogP contribution in [0.3, 0.4) is 0 Å². The third-order valence-electron chi connectivity index (χ3n) is 21.1. The van der Waals surface area contributed by atoms with Gasteiger partial charge in [-0.1, -0.05) is 182 Å². The second kappa shape index (κ2) is 21.4. The van der Waals surface area contributed by atoms with Crippen LogP contribution in [-0.2, 0) is 0 Å². The largest absolute Gasteiger partial charge is 0.310 e. The number of aromatic nitrogens is 3. The Kier molecular flexibility index (Phi) is 11.9. The van der Waals surface area contributed by atoms with Gasteiger partial charge >= 0.3 is 0 Å². The molecule has 0 spiro atoms. The molecule has 0 saturated heterocycles. The summed E-state index contributed by atoms with van der Waals surface area (Å²) in [5, 5.41) is 27.2. The SMILES string of the molecule is [C-]#[N+]c1cc2ccc3cc(-c4cc5ccc6cc(-c7ccc8ccccc8c7)cc7ccc(c4)c5c67)cc4c3c2c(c1)n4-c1ccccc1.[C-]#[N+]c1cc2ccc3cc(-c4cc5ccc6cc(-c7cccc(-c8ccccc8)n7)cc7ccc(c4)c5c67)cc4c3c2c(c1)n4-c1ccccc1. The van der Waals surface area contributed by atoms with Gasteiger partial charge in [-0.05, 0) is 270 Å². The highest BCUT2D eigenvalue weighted by Crippen LogP contribution is 2.48. The van der Waals surface area contributed by atoms with Crippen molar-refractivity contribution in [1.82, 2.24) is 14.1 Å². The van der Waals surface area contributed by atoms with Gasteiger partial charge < -0.3 is 9.13 Å². The molecule has 0 fully saturated rings. The molecule has 5 nitrogen and oxygen atoms in total. The van der Waals surface area contributed by atoms with E-state index in [1.54, 1.807) is 0 Å². The van der Waals surface area contributed by atoms with Gasteiger partial charge in [-0.2, -0.15) is 0 Å². The predicted octanol–water partition coefficient (Wildman–Crippen LogP) is 26.5. The highest BCUT2D eigenvalue weighted by atomic mass is 15.0. The standard InChI is InChI=1S/C48H27N3.C47H26N2/c1-49-39-26-35-20-19-34-23-37(27-43-47(34)48(35)44(28-39)51(43)40-11-6-3-7-12-40)36-21-30-15-17-32-24-38(25-33-18-16-31(22-36)45(30)46(32)33)42-14-8-13-41(50-42)29-9-4-2-5-10-29;1-48-40-25-36-18-17-35-24-39(26-42-46(35)47(36)43(27-40)49(42)41-9-3-2-4-10-41)38-22-33-15-13-31-20-37(21-32-14-16-34(23-38)45(33)44(31)32)30-12-11-28-7-5-6-8-29(28)19-30/h2-28H;2-27H. The number of benzene rings is 19. The van der Waals surface area contributed by atoms with E-state index < -0.39 is 0 Å². The summed E-state index contributed by atoms with van der Waals surface area (Å²) in [6.45, 7) is 15.6. The minimum Gasteiger partial charge on any atom is -0.310 e. The van der Waals surface area contributed by atoms with Crippen molar-refractivity contribution in [2.45, 2.75) is 0 Å². The van der Waals surface area contributed by atoms with Crippen molar-refractivity contribution in [2.75, 3.05) is 0 Å². The van der Waals surface area contributed by atoms with E-state index in [4.69, 9.17) is 18.1 Å². The van der Waals surface area contributed by atoms with Gasteiger partial charge in [0.15, 0.2) is 11.4 Å². The van der Waals surface area contributed by atoms with Crippen LogP contribution in [-0.4, -0.2) is 14.1 Å². The summed E-state index contributed by atoms with van der Waals surface area (Å²) in [6, 6.07) is 116. The van der Waals surface area contributed by atoms with Crippen LogP contribution in [0.1, 0.15) is 0 Å². The van der Waals surface area contributed by atoms with E-state index in [0.717, 1.165) is 66.7 Å². The molecule has 100 heavy (non-hydrogen) atoms. The van der Waals surface area contributed by atoms with Crippen molar-refractivity contribution in [3.8, 4) is 67.3 Å². The summed E-state index contributed by atoms with van der Waals surface area (Å²) in [4.78, 5) is 12.7. The fourth-order valence-corrected chi connectivity index (χ4v) is 16.7. The Morgan fingerprint density at radius 2 is 0.490 bits per heavy atom. The molecule has 5 heteroatoms. The molecule has 3 heterocycles. The topological polar surface area (TPSA) is 31.5 Å². The maximum absolute atomic E-state index is 7.79. The lowest BCUT2D eigenvalue weighted by atomic mass is 9.89. The van der Waals surface area contributed by atoms with E-state index in [1.807, 2.05) is 36.4 Å². The normalized spacial score (nSPS) is 12.0. The second-order valence-electron chi connectivity index (χ2n) is 26.8. The van der Waals surface area contributed by atoms with E-state index in [1.165, 1.54) is 141 Å². The Hall–Kier alpha value is -13.7. The van der Waals surface area contributed by atoms with Gasteiger partial charge in [-0.3, -0.25) is 0 Å². The van der Waals surface area contributed by atoms with Crippen molar-refractivity contribution >= 4 is 152 Å². The molecule has 0 radical (unpaired) electrons. The third kappa shape index (κ3) is 8.50. The molecule has 0 atom stereocenters. The molecule has 0 aliphatic carbocycles. The van der Waals surface area contributed by atoms with Crippen LogP contribution in [0.15, 0.2) is 322 Å². The van der Waals surface area contributed by atoms with E-state index in [0.29, 0.717) is 11.4 Å². The van der Waals surface area contributed by atoms with Gasteiger partial charge in [0.25, 0.3) is 0 Å². The molecular weight excluding hydrogens is 1210 g/mol. The Bertz CT molecular complexity index is 7080. The molecule has 3 aromatic heterocycles. The van der Waals surface area contributed by atoms with Crippen LogP contribution in [0.2, 0.25) is 0 Å². The number of para-hydroxylation sites is 2. The first kappa shape index (κ1) is 55.6. The van der Waals surface area contributed by atoms with Gasteiger partial charge in [-0.15, -0.1) is 0 Å². The lowest BCUT2D eigenvalue weighted by Gasteiger charge is -2.15. The van der Waals surface area contributed by atoms with Crippen molar-refractivity contribution in [1.29, 1.82) is 0 Å². The maximum Gasteiger partial charge on any atom is 0.189 e. The minimum absolute atomic E-state index is 0.655. The zero-order valence-corrected chi connectivity index (χ0v) is 53.8. The zero-order valence-electron chi connectivity index (χ0n) is 53.8. The molecule has 22 rings (SSSR count). The molecule has 0 aliphatic heterocycles. The second-order valence-corrected chi connectivity index (χ2v) is 26.8. The summed E-state index contributed by atoms with van der Waals surface area (Å²) in [7, 11) is 0. The predicted molar refractivity (Wildman–Crippen MR) is 421 cm³/mol. The van der Waals surface area contributed by atoms with Gasteiger partial charge in [0.1, 0.15) is 0 Å². The van der Waals surface area contributed by atoms with E-state index in [2.05, 4.69) is 304 Å². The number of rotatable bonds is 7. The average molecular weight is 1260 g/mol. The molecule has 0 bridgehead atoms. The molecule has 0 unspecified atom stereocenters. The molecule has 19 aromatic carbocycles. The molecular formula is C95H53N5. The van der Waals surface area contributed by atoms with Crippen LogP contribution in [0.4, 0.5) is 11.4 Å². The van der Waals surface area contributed by atoms with Crippen molar-refractivity contribution in [2.24, 2.45) is 0 Å². The summed E-state index contributed by atoms with van der Waals surface area (Å²) in [6.07, 6.45) is 0. The summed E-state index contributed by atoms with van der Waals surface area (Å²) in [5.74, 6) is 0. The Morgan fingerprint density at radius 1 is 0.200 bits per heavy atom. The van der Waals surface area contributed by atoms with Crippen molar-refractivity contribution in [3.05, 3.63) is 344 Å². The van der Waals surface area contributed by atoms with Crippen LogP contribution in [0.25, 0.3) is 218 Å². The van der Waals surface area contributed by atoms with Gasteiger partial charge in [0.2, 0.25) is 0 Å². The summed E-state index contributed by atoms with van der Waals surface area (Å²) < 4.78 is 4.66. The fraction of sp³-hybridized carbons (Fsp3) is 0. The van der Waals surface area contributed by atoms with Crippen LogP contribution in [0.5, 0.6) is 0 Å². The first-order chi connectivity index (χ1) is 49.4. The minimum atomic E-state index is 0.655. The number of hydrogen-bond donors (Lipinski definition) is 0. The lowest BCUT2D eigenvalue weighted by molar-refractivity contribution is 1.18. The summed E-state index contributed by atoms with van der Waals surface area (Å²) >= 11 is 0. The molecule has 0 amide bonds. The number of nitrogens with zero attached hydrogens (tertiary/aromatic N) is 5. The van der Waals surface area contributed by atoms with Gasteiger partial charge in [0, 0.05) is 55.1 Å². The Labute approximate surface area is 574 Å². The van der Waals surface area contributed by atoms with E-state index in [-0.39, 0.29) is 0 Å². The third-order valence-corrected chi connectivity index (χ3v) is 21.1. The number of hydrogen-bond acceptors (Lipinski definition) is 1. The van der Waals surface area contributed by atoms with Crippen LogP contribution in [0, 0.1) is 13.1 Å². The first-order valence-electron chi connectivity index (χ1n) is 33.9. The van der Waals surface area contributed by atoms with Gasteiger partial charge in [0.05, 0.1) is 35.6 Å². The van der Waals surface area contributed by atoms with Crippen LogP contribution >= 0.6 is 0 Å². The highest BCUT2D eigenvalue weighted by Gasteiger charge is 2.23. The molecule has 0 N–H and O–H groups in total. The average Bonchev–Trinajstić information content (AvgIpc) is 1.51. The first-order valence-corrected chi connectivity index (χ1v) is 33.9. The smallest absolute Gasteiger partial charge is 0.189 e. The molecule has 458 valence electrons. The lowest BCUT2D eigenvalue weighted by Crippen LogP contribution is -1.93. The van der Waals surface area contributed by atoms with E-state index >= 15 is 0 Å². The highest BCUT2D eigenvalue weighted by molar-refractivity contribution is 6.30. The fourth-order valence-electron chi connectivity index (χ4n) is 16.7. The molecule has 22 aromatic rings. The van der Waals surface area contributed by atoms with Crippen LogP contribution < -0.4 is 0 Å². The van der Waals surface area contributed by atoms with Gasteiger partial charge in [-0.25, -0.2) is 14.7 Å². The van der Waals surface area contributed by atoms with Crippen molar-refractivity contribution in [3.63, 3.8) is 0 Å². The quantitative estimate of drug-likeness (QED) is 0.116. The maximum atomic E-state index is 7.79. The monoisotopic (exact) mass is 1260 g/mol. The number of pyridine rings is 1. The molecule has 0 aliphatic rings. The van der Waals surface area contributed by atoms with Crippen molar-refractivity contribution < 1.29 is 0 Å².